The Morgan fingerprint density at radius 2 is 1.68 bits per heavy atom. The van der Waals surface area contributed by atoms with E-state index in [9.17, 15) is 14.0 Å². The van der Waals surface area contributed by atoms with E-state index in [4.69, 9.17) is 9.47 Å². The maximum atomic E-state index is 13.7. The predicted molar refractivity (Wildman–Crippen MR) is 93.0 cm³/mol. The van der Waals surface area contributed by atoms with Crippen LogP contribution in [0, 0.1) is 33.5 Å². The third-order valence-electron chi connectivity index (χ3n) is 4.50. The summed E-state index contributed by atoms with van der Waals surface area (Å²) in [5, 5.41) is 0. The van der Waals surface area contributed by atoms with Crippen LogP contribution in [0.5, 0.6) is 5.75 Å². The molecule has 0 spiro atoms. The van der Waals surface area contributed by atoms with Crippen molar-refractivity contribution >= 4 is 11.8 Å². The molecule has 4 nitrogen and oxygen atoms in total. The number of ether oxygens (including phenoxy) is 2. The van der Waals surface area contributed by atoms with Gasteiger partial charge in [0, 0.05) is 5.56 Å². The van der Waals surface area contributed by atoms with Crippen LogP contribution in [0.3, 0.4) is 0 Å². The summed E-state index contributed by atoms with van der Waals surface area (Å²) < 4.78 is 23.5. The molecule has 25 heavy (non-hydrogen) atoms. The highest BCUT2D eigenvalue weighted by molar-refractivity contribution is 6.01. The summed E-state index contributed by atoms with van der Waals surface area (Å²) in [6, 6.07) is 5.56. The number of hydrogen-bond acceptors (Lipinski definition) is 4. The number of methoxy groups -OCH3 is 1. The number of ketones is 1. The number of esters is 1. The number of aryl methyl sites for hydroxylation is 1. The van der Waals surface area contributed by atoms with Crippen LogP contribution in [0.15, 0.2) is 24.3 Å². The number of benzene rings is 2. The zero-order chi connectivity index (χ0) is 18.7. The summed E-state index contributed by atoms with van der Waals surface area (Å²) in [6.45, 7) is 7.38. The van der Waals surface area contributed by atoms with Crippen LogP contribution in [-0.4, -0.2) is 25.5 Å². The van der Waals surface area contributed by atoms with Crippen molar-refractivity contribution in [3.63, 3.8) is 0 Å². The van der Waals surface area contributed by atoms with E-state index in [2.05, 4.69) is 0 Å². The minimum absolute atomic E-state index is 0.0269. The lowest BCUT2D eigenvalue weighted by atomic mass is 9.93. The van der Waals surface area contributed by atoms with Gasteiger partial charge in [-0.05, 0) is 74.2 Å². The number of carbonyl (C=O) groups excluding carboxylic acids is 2. The molecule has 2 rings (SSSR count). The van der Waals surface area contributed by atoms with Crippen molar-refractivity contribution in [2.24, 2.45) is 0 Å². The number of hydrogen-bond donors (Lipinski definition) is 0. The van der Waals surface area contributed by atoms with Crippen molar-refractivity contribution in [2.75, 3.05) is 13.7 Å². The molecule has 0 bridgehead atoms. The Balaban J connectivity index is 2.12. The largest absolute Gasteiger partial charge is 0.494 e. The lowest BCUT2D eigenvalue weighted by Crippen LogP contribution is -2.16. The number of carbonyl (C=O) groups is 2. The fourth-order valence-electron chi connectivity index (χ4n) is 2.59. The van der Waals surface area contributed by atoms with Crippen LogP contribution in [0.1, 0.15) is 43.0 Å². The molecule has 0 fully saturated rings. The Labute approximate surface area is 146 Å². The van der Waals surface area contributed by atoms with Gasteiger partial charge in [-0.3, -0.25) is 4.79 Å². The van der Waals surface area contributed by atoms with Gasteiger partial charge in [-0.25, -0.2) is 9.18 Å². The summed E-state index contributed by atoms with van der Waals surface area (Å²) in [5.74, 6) is -1.67. The van der Waals surface area contributed by atoms with Crippen LogP contribution in [-0.2, 0) is 4.74 Å². The van der Waals surface area contributed by atoms with Crippen LogP contribution < -0.4 is 4.74 Å². The highest BCUT2D eigenvalue weighted by Gasteiger charge is 2.17. The first-order valence-electron chi connectivity index (χ1n) is 7.87. The van der Waals surface area contributed by atoms with Crippen LogP contribution in [0.2, 0.25) is 0 Å². The first-order valence-corrected chi connectivity index (χ1v) is 7.87. The normalized spacial score (nSPS) is 10.5. The zero-order valence-electron chi connectivity index (χ0n) is 15.0. The fourth-order valence-corrected chi connectivity index (χ4v) is 2.59. The molecule has 0 heterocycles. The van der Waals surface area contributed by atoms with Gasteiger partial charge in [0.1, 0.15) is 0 Å². The number of rotatable bonds is 5. The van der Waals surface area contributed by atoms with Crippen molar-refractivity contribution in [1.29, 1.82) is 0 Å². The van der Waals surface area contributed by atoms with Crippen LogP contribution in [0.25, 0.3) is 0 Å². The third kappa shape index (κ3) is 3.87. The molecular weight excluding hydrogens is 323 g/mol. The van der Waals surface area contributed by atoms with Gasteiger partial charge in [-0.2, -0.15) is 0 Å². The minimum atomic E-state index is -0.756. The molecule has 0 saturated carbocycles. The lowest BCUT2D eigenvalue weighted by molar-refractivity contribution is 0.0474. The first-order chi connectivity index (χ1) is 11.8. The van der Waals surface area contributed by atoms with E-state index >= 15 is 0 Å². The van der Waals surface area contributed by atoms with Crippen molar-refractivity contribution in [3.05, 3.63) is 63.5 Å². The van der Waals surface area contributed by atoms with E-state index in [0.717, 1.165) is 28.3 Å². The molecule has 0 N–H and O–H groups in total. The van der Waals surface area contributed by atoms with E-state index in [-0.39, 0.29) is 17.1 Å². The molecule has 2 aromatic rings. The zero-order valence-corrected chi connectivity index (χ0v) is 15.0. The summed E-state index contributed by atoms with van der Waals surface area (Å²) >= 11 is 0. The lowest BCUT2D eigenvalue weighted by Gasteiger charge is -2.13. The van der Waals surface area contributed by atoms with Gasteiger partial charge < -0.3 is 9.47 Å². The van der Waals surface area contributed by atoms with Gasteiger partial charge in [0.2, 0.25) is 5.78 Å². The topological polar surface area (TPSA) is 52.6 Å². The second kappa shape index (κ2) is 7.47. The van der Waals surface area contributed by atoms with E-state index in [0.29, 0.717) is 5.56 Å². The fraction of sp³-hybridized carbons (Fsp3) is 0.300. The van der Waals surface area contributed by atoms with Gasteiger partial charge in [-0.1, -0.05) is 0 Å². The van der Waals surface area contributed by atoms with Crippen LogP contribution in [0.4, 0.5) is 4.39 Å². The smallest absolute Gasteiger partial charge is 0.338 e. The number of halogens is 1. The molecule has 0 aliphatic rings. The SMILES string of the molecule is COc1ccc(C(=O)OCC(=O)c2cc(C)c(C)c(C)c2C)cc1F. The van der Waals surface area contributed by atoms with Gasteiger partial charge in [0.05, 0.1) is 12.7 Å². The maximum absolute atomic E-state index is 13.7. The van der Waals surface area contributed by atoms with Crippen LogP contribution >= 0.6 is 0 Å². The Kier molecular flexibility index (Phi) is 5.57. The van der Waals surface area contributed by atoms with Crippen molar-refractivity contribution < 1.29 is 23.5 Å². The molecule has 0 aliphatic heterocycles. The molecule has 0 radical (unpaired) electrons. The van der Waals surface area contributed by atoms with E-state index in [1.54, 1.807) is 6.07 Å². The molecule has 132 valence electrons. The summed E-state index contributed by atoms with van der Waals surface area (Å²) in [4.78, 5) is 24.4. The minimum Gasteiger partial charge on any atom is -0.494 e. The Morgan fingerprint density at radius 1 is 1.00 bits per heavy atom. The molecule has 0 saturated heterocycles. The average Bonchev–Trinajstić information content (AvgIpc) is 2.60. The van der Waals surface area contributed by atoms with Crippen molar-refractivity contribution in [3.8, 4) is 5.75 Å². The summed E-state index contributed by atoms with van der Waals surface area (Å²) in [7, 11) is 1.34. The first kappa shape index (κ1) is 18.6. The van der Waals surface area contributed by atoms with Gasteiger partial charge >= 0.3 is 5.97 Å². The molecule has 5 heteroatoms. The summed E-state index contributed by atoms with van der Waals surface area (Å²) in [5.41, 5.74) is 4.63. The van der Waals surface area contributed by atoms with Crippen molar-refractivity contribution in [2.45, 2.75) is 27.7 Å². The quantitative estimate of drug-likeness (QED) is 0.605. The maximum Gasteiger partial charge on any atom is 0.338 e. The molecule has 0 unspecified atom stereocenters. The van der Waals surface area contributed by atoms with E-state index in [1.165, 1.54) is 19.2 Å². The molecule has 2 aromatic carbocycles. The van der Waals surface area contributed by atoms with Gasteiger partial charge in [0.25, 0.3) is 0 Å². The van der Waals surface area contributed by atoms with Crippen molar-refractivity contribution in [1.82, 2.24) is 0 Å². The second-order valence-electron chi connectivity index (χ2n) is 5.96. The number of Topliss-reactive ketones (excluding diaryl/α,β-unsaturated/α-hetero) is 1. The second-order valence-corrected chi connectivity index (χ2v) is 5.96. The third-order valence-corrected chi connectivity index (χ3v) is 4.50. The highest BCUT2D eigenvalue weighted by Crippen LogP contribution is 2.22. The predicted octanol–water partition coefficient (Wildman–Crippen LogP) is 4.11. The van der Waals surface area contributed by atoms with E-state index < -0.39 is 18.4 Å². The molecule has 0 atom stereocenters. The summed E-state index contributed by atoms with van der Waals surface area (Å²) in [6.07, 6.45) is 0. The standard InChI is InChI=1S/C20H21FO4/c1-11-8-16(14(4)13(3)12(11)2)18(22)10-25-20(23)15-6-7-19(24-5)17(21)9-15/h6-9H,10H2,1-5H3. The Hall–Kier alpha value is -2.69. The average molecular weight is 344 g/mol. The highest BCUT2D eigenvalue weighted by atomic mass is 19.1. The van der Waals surface area contributed by atoms with Gasteiger partial charge in [0.15, 0.2) is 18.2 Å². The molecule has 0 amide bonds. The monoisotopic (exact) mass is 344 g/mol. The van der Waals surface area contributed by atoms with E-state index in [1.807, 2.05) is 27.7 Å². The molecule has 0 aromatic heterocycles. The molecular formula is C20H21FO4. The Bertz CT molecular complexity index is 840. The molecule has 0 aliphatic carbocycles. The van der Waals surface area contributed by atoms with Gasteiger partial charge in [-0.15, -0.1) is 0 Å². The Morgan fingerprint density at radius 3 is 2.28 bits per heavy atom.